The zero-order chi connectivity index (χ0) is 12.8. The Morgan fingerprint density at radius 2 is 1.35 bits per heavy atom. The van der Waals surface area contributed by atoms with Gasteiger partial charge in [-0.1, -0.05) is 6.42 Å². The van der Waals surface area contributed by atoms with Crippen LogP contribution in [0.15, 0.2) is 0 Å². The van der Waals surface area contributed by atoms with Crippen molar-refractivity contribution in [3.05, 3.63) is 0 Å². The highest BCUT2D eigenvalue weighted by Gasteiger charge is 2.49. The summed E-state index contributed by atoms with van der Waals surface area (Å²) in [6.07, 6.45) is 4.18. The molecule has 2 saturated heterocycles. The maximum atomic E-state index is 2.76. The summed E-state index contributed by atoms with van der Waals surface area (Å²) < 4.78 is 0. The van der Waals surface area contributed by atoms with Crippen LogP contribution < -0.4 is 0 Å². The lowest BCUT2D eigenvalue weighted by atomic mass is 9.84. The van der Waals surface area contributed by atoms with Crippen LogP contribution in [0, 0.1) is 0 Å². The van der Waals surface area contributed by atoms with E-state index in [0.29, 0.717) is 11.1 Å². The normalized spacial score (nSPS) is 32.8. The van der Waals surface area contributed by atoms with Gasteiger partial charge in [-0.2, -0.15) is 0 Å². The van der Waals surface area contributed by atoms with Crippen LogP contribution in [0.1, 0.15) is 60.8 Å². The topological polar surface area (TPSA) is 6.48 Å². The quantitative estimate of drug-likeness (QED) is 0.640. The van der Waals surface area contributed by atoms with Gasteiger partial charge in [0, 0.05) is 29.7 Å². The number of hydrogen-bond donors (Lipinski definition) is 0. The summed E-state index contributed by atoms with van der Waals surface area (Å²) in [5.74, 6) is 0. The molecule has 2 atom stereocenters. The van der Waals surface area contributed by atoms with Gasteiger partial charge in [-0.25, -0.2) is 0 Å². The predicted molar refractivity (Wildman–Crippen MR) is 74.3 cm³/mol. The van der Waals surface area contributed by atoms with Gasteiger partial charge in [0.15, 0.2) is 0 Å². The molecule has 2 aliphatic rings. The van der Waals surface area contributed by atoms with Crippen LogP contribution in [0.3, 0.4) is 0 Å². The molecule has 2 heterocycles. The lowest BCUT2D eigenvalue weighted by molar-refractivity contribution is -0.0991. The molecule has 0 aromatic heterocycles. The maximum Gasteiger partial charge on any atom is 0.0384 e. The van der Waals surface area contributed by atoms with Gasteiger partial charge >= 0.3 is 0 Å². The second kappa shape index (κ2) is 4.24. The number of rotatable bonds is 0. The smallest absolute Gasteiger partial charge is 0.0384 e. The minimum atomic E-state index is 0.331. The zero-order valence-corrected chi connectivity index (χ0v) is 12.6. The van der Waals surface area contributed by atoms with Crippen LogP contribution in [0.2, 0.25) is 0 Å². The average Bonchev–Trinajstić information content (AvgIpc) is 2.22. The standard InChI is InChI=1S/C15H30N2/c1-14(2,3)16-10-8-7-9-12-13(16)11-17(12)15(4,5)6/h12-13H,7-11H2,1-6H3. The largest absolute Gasteiger partial charge is 0.293 e. The predicted octanol–water partition coefficient (Wildman–Crippen LogP) is 3.12. The monoisotopic (exact) mass is 238 g/mol. The minimum Gasteiger partial charge on any atom is -0.293 e. The van der Waals surface area contributed by atoms with E-state index in [1.54, 1.807) is 0 Å². The number of likely N-dealkylation sites (tertiary alicyclic amines) is 2. The van der Waals surface area contributed by atoms with Crippen LogP contribution in [-0.2, 0) is 0 Å². The van der Waals surface area contributed by atoms with E-state index in [0.717, 1.165) is 12.1 Å². The molecular weight excluding hydrogens is 208 g/mol. The Morgan fingerprint density at radius 3 is 1.88 bits per heavy atom. The van der Waals surface area contributed by atoms with E-state index in [1.165, 1.54) is 32.4 Å². The van der Waals surface area contributed by atoms with Crippen LogP contribution in [0.25, 0.3) is 0 Å². The first-order chi connectivity index (χ1) is 7.71. The number of nitrogens with zero attached hydrogens (tertiary/aromatic N) is 2. The van der Waals surface area contributed by atoms with Crippen molar-refractivity contribution in [3.8, 4) is 0 Å². The summed E-state index contributed by atoms with van der Waals surface area (Å²) >= 11 is 0. The number of hydrogen-bond acceptors (Lipinski definition) is 2. The van der Waals surface area contributed by atoms with Gasteiger partial charge in [-0.15, -0.1) is 0 Å². The highest BCUT2D eigenvalue weighted by molar-refractivity contribution is 5.06. The van der Waals surface area contributed by atoms with Crippen molar-refractivity contribution in [1.82, 2.24) is 9.80 Å². The van der Waals surface area contributed by atoms with E-state index in [1.807, 2.05) is 0 Å². The third kappa shape index (κ3) is 2.53. The third-order valence-electron chi connectivity index (χ3n) is 4.50. The van der Waals surface area contributed by atoms with Crippen LogP contribution in [-0.4, -0.2) is 46.1 Å². The Bertz CT molecular complexity index is 272. The van der Waals surface area contributed by atoms with Crippen molar-refractivity contribution in [1.29, 1.82) is 0 Å². The molecule has 0 radical (unpaired) electrons. The Hall–Kier alpha value is -0.0800. The molecule has 17 heavy (non-hydrogen) atoms. The molecule has 2 fully saturated rings. The average molecular weight is 238 g/mol. The molecule has 0 saturated carbocycles. The van der Waals surface area contributed by atoms with Crippen molar-refractivity contribution < 1.29 is 0 Å². The third-order valence-corrected chi connectivity index (χ3v) is 4.50. The molecule has 2 rings (SSSR count). The Labute approximate surface area is 107 Å². The summed E-state index contributed by atoms with van der Waals surface area (Å²) in [7, 11) is 0. The highest BCUT2D eigenvalue weighted by Crippen LogP contribution is 2.38. The van der Waals surface area contributed by atoms with Crippen LogP contribution in [0.4, 0.5) is 0 Å². The van der Waals surface area contributed by atoms with Gasteiger partial charge in [-0.05, 0) is 60.9 Å². The maximum absolute atomic E-state index is 2.76. The Balaban J connectivity index is 2.12. The van der Waals surface area contributed by atoms with Gasteiger partial charge in [0.1, 0.15) is 0 Å². The fourth-order valence-electron chi connectivity index (χ4n) is 3.59. The SMILES string of the molecule is CC(C)(C)N1CCCCC2C1CN2C(C)(C)C. The fraction of sp³-hybridized carbons (Fsp3) is 1.00. The van der Waals surface area contributed by atoms with Crippen LogP contribution >= 0.6 is 0 Å². The van der Waals surface area contributed by atoms with E-state index >= 15 is 0 Å². The first-order valence-electron chi connectivity index (χ1n) is 7.25. The molecular formula is C15H30N2. The van der Waals surface area contributed by atoms with E-state index in [4.69, 9.17) is 0 Å². The molecule has 0 aromatic carbocycles. The first-order valence-corrected chi connectivity index (χ1v) is 7.25. The highest BCUT2D eigenvalue weighted by atomic mass is 15.4. The second-order valence-corrected chi connectivity index (χ2v) is 7.82. The van der Waals surface area contributed by atoms with Gasteiger partial charge in [-0.3, -0.25) is 9.80 Å². The molecule has 0 spiro atoms. The summed E-state index contributed by atoms with van der Waals surface area (Å²) in [4.78, 5) is 5.47. The summed E-state index contributed by atoms with van der Waals surface area (Å²) in [6, 6.07) is 1.61. The molecule has 0 N–H and O–H groups in total. The molecule has 100 valence electrons. The van der Waals surface area contributed by atoms with Crippen molar-refractivity contribution in [2.75, 3.05) is 13.1 Å². The van der Waals surface area contributed by atoms with Gasteiger partial charge < -0.3 is 0 Å². The molecule has 2 heteroatoms. The van der Waals surface area contributed by atoms with Crippen LogP contribution in [0.5, 0.6) is 0 Å². The van der Waals surface area contributed by atoms with Crippen molar-refractivity contribution >= 4 is 0 Å². The van der Waals surface area contributed by atoms with Gasteiger partial charge in [0.25, 0.3) is 0 Å². The lowest BCUT2D eigenvalue weighted by Crippen LogP contribution is -2.72. The van der Waals surface area contributed by atoms with Crippen molar-refractivity contribution in [2.45, 2.75) is 84.0 Å². The molecule has 0 aliphatic carbocycles. The summed E-state index contributed by atoms with van der Waals surface area (Å²) in [5.41, 5.74) is 0.673. The summed E-state index contributed by atoms with van der Waals surface area (Å²) in [6.45, 7) is 16.7. The fourth-order valence-corrected chi connectivity index (χ4v) is 3.59. The lowest BCUT2D eigenvalue weighted by Gasteiger charge is -2.59. The van der Waals surface area contributed by atoms with E-state index in [2.05, 4.69) is 51.3 Å². The first kappa shape index (κ1) is 13.4. The molecule has 0 amide bonds. The Morgan fingerprint density at radius 1 is 0.765 bits per heavy atom. The molecule has 2 nitrogen and oxygen atoms in total. The Kier molecular flexibility index (Phi) is 3.33. The van der Waals surface area contributed by atoms with E-state index < -0.39 is 0 Å². The second-order valence-electron chi connectivity index (χ2n) is 7.82. The number of fused-ring (bicyclic) bond motifs is 1. The van der Waals surface area contributed by atoms with Crippen molar-refractivity contribution in [3.63, 3.8) is 0 Å². The zero-order valence-electron chi connectivity index (χ0n) is 12.6. The molecule has 2 unspecified atom stereocenters. The van der Waals surface area contributed by atoms with E-state index in [-0.39, 0.29) is 0 Å². The molecule has 2 aliphatic heterocycles. The van der Waals surface area contributed by atoms with Gasteiger partial charge in [0.2, 0.25) is 0 Å². The van der Waals surface area contributed by atoms with E-state index in [9.17, 15) is 0 Å². The molecule has 0 bridgehead atoms. The van der Waals surface area contributed by atoms with Gasteiger partial charge in [0.05, 0.1) is 0 Å². The minimum absolute atomic E-state index is 0.331. The van der Waals surface area contributed by atoms with Crippen molar-refractivity contribution in [2.24, 2.45) is 0 Å². The molecule has 0 aromatic rings. The summed E-state index contributed by atoms with van der Waals surface area (Å²) in [5, 5.41) is 0.